The number of aryl methyl sites for hydroxylation is 2. The lowest BCUT2D eigenvalue weighted by atomic mass is 10.1. The molecular weight excluding hydrogens is 438 g/mol. The Hall–Kier alpha value is -2.27. The van der Waals surface area contributed by atoms with Gasteiger partial charge in [0.25, 0.3) is 0 Å². The van der Waals surface area contributed by atoms with Gasteiger partial charge in [-0.3, -0.25) is 4.79 Å². The number of carbonyl (C=O) groups excluding carboxylic acids is 1. The van der Waals surface area contributed by atoms with Crippen molar-refractivity contribution in [2.45, 2.75) is 42.4 Å². The highest BCUT2D eigenvalue weighted by molar-refractivity contribution is 7.89. The van der Waals surface area contributed by atoms with Crippen LogP contribution in [-0.4, -0.2) is 47.2 Å². The van der Waals surface area contributed by atoms with Gasteiger partial charge in [-0.05, 0) is 68.6 Å². The molecule has 168 valence electrons. The van der Waals surface area contributed by atoms with Crippen molar-refractivity contribution in [3.8, 4) is 0 Å². The van der Waals surface area contributed by atoms with Crippen LogP contribution in [0.1, 0.15) is 30.4 Å². The van der Waals surface area contributed by atoms with Gasteiger partial charge in [0.2, 0.25) is 26.0 Å². The number of hydrogen-bond donors (Lipinski definition) is 2. The number of carbonyl (C=O) groups is 1. The fraction of sp³-hybridized carbons (Fsp3) is 0.381. The van der Waals surface area contributed by atoms with E-state index in [4.69, 9.17) is 0 Å². The maximum Gasteiger partial charge on any atom is 0.243 e. The summed E-state index contributed by atoms with van der Waals surface area (Å²) < 4.78 is 52.9. The molecule has 31 heavy (non-hydrogen) atoms. The first-order valence-electron chi connectivity index (χ1n) is 10.1. The zero-order valence-electron chi connectivity index (χ0n) is 17.6. The number of nitrogens with one attached hydrogen (secondary N) is 2. The van der Waals surface area contributed by atoms with Crippen LogP contribution in [0.15, 0.2) is 52.3 Å². The van der Waals surface area contributed by atoms with E-state index in [1.165, 1.54) is 23.5 Å². The number of anilines is 1. The normalized spacial score (nSPS) is 15.2. The van der Waals surface area contributed by atoms with Gasteiger partial charge in [0.05, 0.1) is 9.79 Å². The fourth-order valence-electron chi connectivity index (χ4n) is 3.40. The number of amides is 1. The second-order valence-electron chi connectivity index (χ2n) is 7.49. The number of hydrogen-bond acceptors (Lipinski definition) is 5. The minimum Gasteiger partial charge on any atom is -0.326 e. The molecular formula is C21H27N3O5S2. The van der Waals surface area contributed by atoms with E-state index in [0.717, 1.165) is 24.0 Å². The minimum absolute atomic E-state index is 0.0747. The van der Waals surface area contributed by atoms with Crippen LogP contribution in [0.25, 0.3) is 0 Å². The molecule has 0 spiro atoms. The molecule has 2 aromatic carbocycles. The third-order valence-electron chi connectivity index (χ3n) is 5.33. The average Bonchev–Trinajstić information content (AvgIpc) is 3.30. The molecule has 1 heterocycles. The molecule has 2 aromatic rings. The van der Waals surface area contributed by atoms with Crippen LogP contribution in [0, 0.1) is 6.92 Å². The maximum atomic E-state index is 12.6. The zero-order valence-corrected chi connectivity index (χ0v) is 19.2. The minimum atomic E-state index is -3.60. The number of rotatable bonds is 8. The van der Waals surface area contributed by atoms with Crippen LogP contribution >= 0.6 is 0 Å². The summed E-state index contributed by atoms with van der Waals surface area (Å²) in [5, 5.41) is 2.76. The molecule has 1 aliphatic rings. The Labute approximate surface area is 183 Å². The number of nitrogens with zero attached hydrogens (tertiary/aromatic N) is 1. The first-order valence-corrected chi connectivity index (χ1v) is 13.0. The standard InChI is InChI=1S/C21H27N3O5S2/c1-16-5-9-19(30(26,27)22-2)15-20(16)23-21(25)12-8-17-6-10-18(11-7-17)31(28,29)24-13-3-4-14-24/h5-7,9-11,15,22H,3-4,8,12-14H2,1-2H3,(H,23,25). The van der Waals surface area contributed by atoms with Crippen LogP contribution < -0.4 is 10.0 Å². The Bertz CT molecular complexity index is 1150. The molecule has 1 amide bonds. The predicted octanol–water partition coefficient (Wildman–Crippen LogP) is 2.26. The average molecular weight is 466 g/mol. The van der Waals surface area contributed by atoms with E-state index in [0.29, 0.717) is 25.2 Å². The second-order valence-corrected chi connectivity index (χ2v) is 11.3. The Kier molecular flexibility index (Phi) is 7.15. The molecule has 0 aliphatic carbocycles. The topological polar surface area (TPSA) is 113 Å². The van der Waals surface area contributed by atoms with Gasteiger partial charge < -0.3 is 5.32 Å². The van der Waals surface area contributed by atoms with Crippen LogP contribution in [-0.2, 0) is 31.3 Å². The van der Waals surface area contributed by atoms with Crippen molar-refractivity contribution in [3.63, 3.8) is 0 Å². The van der Waals surface area contributed by atoms with E-state index < -0.39 is 20.0 Å². The van der Waals surface area contributed by atoms with E-state index in [-0.39, 0.29) is 22.1 Å². The molecule has 10 heteroatoms. The molecule has 0 radical (unpaired) electrons. The van der Waals surface area contributed by atoms with E-state index in [1.54, 1.807) is 37.3 Å². The van der Waals surface area contributed by atoms with Crippen molar-refractivity contribution in [1.82, 2.24) is 9.03 Å². The summed E-state index contributed by atoms with van der Waals surface area (Å²) in [6.07, 6.45) is 2.38. The lowest BCUT2D eigenvalue weighted by Gasteiger charge is -2.15. The zero-order chi connectivity index (χ0) is 22.6. The third kappa shape index (κ3) is 5.51. The summed E-state index contributed by atoms with van der Waals surface area (Å²) >= 11 is 0. The summed E-state index contributed by atoms with van der Waals surface area (Å²) in [5.74, 6) is -0.254. The van der Waals surface area contributed by atoms with Gasteiger partial charge in [0.15, 0.2) is 0 Å². The molecule has 0 unspecified atom stereocenters. The summed E-state index contributed by atoms with van der Waals surface area (Å²) in [6.45, 7) is 2.89. The highest BCUT2D eigenvalue weighted by Crippen LogP contribution is 2.22. The Morgan fingerprint density at radius 2 is 1.58 bits per heavy atom. The summed E-state index contributed by atoms with van der Waals surface area (Å²) in [5.41, 5.74) is 2.03. The van der Waals surface area contributed by atoms with Crippen LogP contribution in [0.4, 0.5) is 5.69 Å². The van der Waals surface area contributed by atoms with Crippen molar-refractivity contribution in [3.05, 3.63) is 53.6 Å². The Morgan fingerprint density at radius 1 is 0.968 bits per heavy atom. The molecule has 1 aliphatic heterocycles. The van der Waals surface area contributed by atoms with E-state index in [9.17, 15) is 21.6 Å². The molecule has 0 atom stereocenters. The van der Waals surface area contributed by atoms with Gasteiger partial charge in [-0.25, -0.2) is 21.6 Å². The van der Waals surface area contributed by atoms with Gasteiger partial charge in [0, 0.05) is 25.2 Å². The van der Waals surface area contributed by atoms with Gasteiger partial charge >= 0.3 is 0 Å². The van der Waals surface area contributed by atoms with Crippen molar-refractivity contribution in [2.24, 2.45) is 0 Å². The predicted molar refractivity (Wildman–Crippen MR) is 119 cm³/mol. The van der Waals surface area contributed by atoms with Crippen molar-refractivity contribution >= 4 is 31.6 Å². The Balaban J connectivity index is 1.62. The molecule has 8 nitrogen and oxygen atoms in total. The van der Waals surface area contributed by atoms with Crippen LogP contribution in [0.5, 0.6) is 0 Å². The molecule has 1 fully saturated rings. The van der Waals surface area contributed by atoms with Gasteiger partial charge in [0.1, 0.15) is 0 Å². The maximum absolute atomic E-state index is 12.6. The van der Waals surface area contributed by atoms with E-state index >= 15 is 0 Å². The summed E-state index contributed by atoms with van der Waals surface area (Å²) in [6, 6.07) is 11.2. The Morgan fingerprint density at radius 3 is 2.19 bits per heavy atom. The first kappa shape index (κ1) is 23.4. The molecule has 0 saturated carbocycles. The molecule has 0 bridgehead atoms. The highest BCUT2D eigenvalue weighted by Gasteiger charge is 2.26. The SMILES string of the molecule is CNS(=O)(=O)c1ccc(C)c(NC(=O)CCc2ccc(S(=O)(=O)N3CCCC3)cc2)c1. The summed E-state index contributed by atoms with van der Waals surface area (Å²) in [4.78, 5) is 12.7. The molecule has 0 aromatic heterocycles. The quantitative estimate of drug-likeness (QED) is 0.621. The number of benzene rings is 2. The third-order valence-corrected chi connectivity index (χ3v) is 8.65. The van der Waals surface area contributed by atoms with Crippen molar-refractivity contribution in [2.75, 3.05) is 25.5 Å². The van der Waals surface area contributed by atoms with Crippen LogP contribution in [0.3, 0.4) is 0 Å². The highest BCUT2D eigenvalue weighted by atomic mass is 32.2. The second kappa shape index (κ2) is 9.47. The summed E-state index contributed by atoms with van der Waals surface area (Å²) in [7, 11) is -5.73. The number of sulfonamides is 2. The van der Waals surface area contributed by atoms with Gasteiger partial charge in [-0.2, -0.15) is 4.31 Å². The monoisotopic (exact) mass is 465 g/mol. The van der Waals surface area contributed by atoms with E-state index in [2.05, 4.69) is 10.0 Å². The molecule has 2 N–H and O–H groups in total. The lowest BCUT2D eigenvalue weighted by molar-refractivity contribution is -0.116. The van der Waals surface area contributed by atoms with Gasteiger partial charge in [-0.1, -0.05) is 18.2 Å². The smallest absolute Gasteiger partial charge is 0.243 e. The van der Waals surface area contributed by atoms with Crippen molar-refractivity contribution in [1.29, 1.82) is 0 Å². The molecule has 1 saturated heterocycles. The largest absolute Gasteiger partial charge is 0.326 e. The van der Waals surface area contributed by atoms with Gasteiger partial charge in [-0.15, -0.1) is 0 Å². The molecule has 3 rings (SSSR count). The van der Waals surface area contributed by atoms with Crippen LogP contribution in [0.2, 0.25) is 0 Å². The lowest BCUT2D eigenvalue weighted by Crippen LogP contribution is -2.27. The fourth-order valence-corrected chi connectivity index (χ4v) is 5.67. The van der Waals surface area contributed by atoms with Crippen molar-refractivity contribution < 1.29 is 21.6 Å². The van der Waals surface area contributed by atoms with E-state index in [1.807, 2.05) is 0 Å². The first-order chi connectivity index (χ1) is 14.6.